The molecule has 0 atom stereocenters. The summed E-state index contributed by atoms with van der Waals surface area (Å²) in [5.41, 5.74) is 1.01. The van der Waals surface area contributed by atoms with Crippen LogP contribution in [0.5, 0.6) is 0 Å². The first-order chi connectivity index (χ1) is 6.86. The molecule has 0 spiro atoms. The maximum atomic E-state index is 8.58. The van der Waals surface area contributed by atoms with E-state index in [9.17, 15) is 0 Å². The minimum atomic E-state index is 1.01. The van der Waals surface area contributed by atoms with Crippen LogP contribution in [0, 0.1) is 0 Å². The lowest BCUT2D eigenvalue weighted by Crippen LogP contribution is -1.79. The van der Waals surface area contributed by atoms with Gasteiger partial charge in [-0.3, -0.25) is 0 Å². The highest BCUT2D eigenvalue weighted by Gasteiger charge is 2.08. The SMILES string of the molecule is CSc1sc2ccccc2c1C=NO. The third-order valence-electron chi connectivity index (χ3n) is 1.97. The van der Waals surface area contributed by atoms with Crippen LogP contribution in [0.4, 0.5) is 0 Å². The number of nitrogens with zero attached hydrogens (tertiary/aromatic N) is 1. The molecule has 2 rings (SSSR count). The molecular weight excluding hydrogens is 214 g/mol. The van der Waals surface area contributed by atoms with Gasteiger partial charge in [-0.25, -0.2) is 0 Å². The van der Waals surface area contributed by atoms with Gasteiger partial charge in [-0.2, -0.15) is 0 Å². The summed E-state index contributed by atoms with van der Waals surface area (Å²) in [4.78, 5) is 0. The number of benzene rings is 1. The molecule has 14 heavy (non-hydrogen) atoms. The van der Waals surface area contributed by atoms with Gasteiger partial charge in [0.15, 0.2) is 0 Å². The Morgan fingerprint density at radius 2 is 2.21 bits per heavy atom. The summed E-state index contributed by atoms with van der Waals surface area (Å²) in [6, 6.07) is 8.13. The number of thioether (sulfide) groups is 1. The van der Waals surface area contributed by atoms with Gasteiger partial charge < -0.3 is 5.21 Å². The van der Waals surface area contributed by atoms with Crippen LogP contribution >= 0.6 is 23.1 Å². The van der Waals surface area contributed by atoms with Crippen molar-refractivity contribution in [2.24, 2.45) is 5.16 Å². The van der Waals surface area contributed by atoms with Gasteiger partial charge in [0.05, 0.1) is 10.4 Å². The molecule has 2 aromatic rings. The minimum absolute atomic E-state index is 1.01. The second-order valence-corrected chi connectivity index (χ2v) is 4.88. The van der Waals surface area contributed by atoms with Crippen molar-refractivity contribution in [2.75, 3.05) is 6.26 Å². The van der Waals surface area contributed by atoms with Crippen LogP contribution in [0.2, 0.25) is 0 Å². The highest BCUT2D eigenvalue weighted by atomic mass is 32.2. The summed E-state index contributed by atoms with van der Waals surface area (Å²) in [5, 5.41) is 12.8. The highest BCUT2D eigenvalue weighted by molar-refractivity contribution is 8.00. The smallest absolute Gasteiger partial charge is 0.0759 e. The van der Waals surface area contributed by atoms with E-state index < -0.39 is 0 Å². The van der Waals surface area contributed by atoms with E-state index in [1.165, 1.54) is 15.1 Å². The molecule has 0 aliphatic carbocycles. The van der Waals surface area contributed by atoms with Crippen LogP contribution in [0.15, 0.2) is 33.6 Å². The van der Waals surface area contributed by atoms with E-state index in [2.05, 4.69) is 11.2 Å². The van der Waals surface area contributed by atoms with Gasteiger partial charge in [0.2, 0.25) is 0 Å². The molecule has 2 nitrogen and oxygen atoms in total. The van der Waals surface area contributed by atoms with Crippen molar-refractivity contribution < 1.29 is 5.21 Å². The van der Waals surface area contributed by atoms with Gasteiger partial charge in [-0.1, -0.05) is 23.4 Å². The number of thiophene rings is 1. The van der Waals surface area contributed by atoms with Crippen LogP contribution in [-0.4, -0.2) is 17.7 Å². The summed E-state index contributed by atoms with van der Waals surface area (Å²) in [7, 11) is 0. The lowest BCUT2D eigenvalue weighted by Gasteiger charge is -1.92. The van der Waals surface area contributed by atoms with E-state index in [4.69, 9.17) is 5.21 Å². The Hall–Kier alpha value is -1.00. The van der Waals surface area contributed by atoms with Crippen molar-refractivity contribution in [1.82, 2.24) is 0 Å². The normalized spacial score (nSPS) is 11.5. The van der Waals surface area contributed by atoms with Crippen molar-refractivity contribution in [3.05, 3.63) is 29.8 Å². The molecule has 0 aliphatic heterocycles. The zero-order valence-corrected chi connectivity index (χ0v) is 9.23. The fourth-order valence-electron chi connectivity index (χ4n) is 1.37. The molecule has 0 bridgehead atoms. The zero-order chi connectivity index (χ0) is 9.97. The molecule has 72 valence electrons. The maximum absolute atomic E-state index is 8.58. The highest BCUT2D eigenvalue weighted by Crippen LogP contribution is 2.35. The molecule has 0 saturated carbocycles. The molecule has 0 unspecified atom stereocenters. The van der Waals surface area contributed by atoms with E-state index in [0.717, 1.165) is 10.9 Å². The minimum Gasteiger partial charge on any atom is -0.411 e. The monoisotopic (exact) mass is 223 g/mol. The van der Waals surface area contributed by atoms with Gasteiger partial charge in [-0.15, -0.1) is 23.1 Å². The fraction of sp³-hybridized carbons (Fsp3) is 0.100. The van der Waals surface area contributed by atoms with E-state index in [0.29, 0.717) is 0 Å². The molecule has 1 N–H and O–H groups in total. The zero-order valence-electron chi connectivity index (χ0n) is 7.60. The van der Waals surface area contributed by atoms with Crippen LogP contribution in [-0.2, 0) is 0 Å². The Labute approximate surface area is 90.3 Å². The Morgan fingerprint density at radius 3 is 2.93 bits per heavy atom. The lowest BCUT2D eigenvalue weighted by molar-refractivity contribution is 0.322. The largest absolute Gasteiger partial charge is 0.411 e. The number of fused-ring (bicyclic) bond motifs is 1. The van der Waals surface area contributed by atoms with Gasteiger partial charge in [-0.05, 0) is 12.3 Å². The second kappa shape index (κ2) is 4.02. The molecule has 0 radical (unpaired) electrons. The van der Waals surface area contributed by atoms with Crippen molar-refractivity contribution in [3.63, 3.8) is 0 Å². The van der Waals surface area contributed by atoms with Gasteiger partial charge >= 0.3 is 0 Å². The van der Waals surface area contributed by atoms with E-state index >= 15 is 0 Å². The Morgan fingerprint density at radius 1 is 1.43 bits per heavy atom. The van der Waals surface area contributed by atoms with E-state index in [-0.39, 0.29) is 0 Å². The molecule has 0 aliphatic rings. The first kappa shape index (κ1) is 9.55. The molecular formula is C10H9NOS2. The number of oxime groups is 1. The third kappa shape index (κ3) is 1.51. The molecule has 1 heterocycles. The molecule has 4 heteroatoms. The summed E-state index contributed by atoms with van der Waals surface area (Å²) >= 11 is 3.40. The van der Waals surface area contributed by atoms with Crippen molar-refractivity contribution in [1.29, 1.82) is 0 Å². The summed E-state index contributed by atoms with van der Waals surface area (Å²) in [6.07, 6.45) is 3.53. The van der Waals surface area contributed by atoms with Crippen molar-refractivity contribution in [3.8, 4) is 0 Å². The van der Waals surface area contributed by atoms with Crippen LogP contribution in [0.25, 0.3) is 10.1 Å². The molecule has 1 aromatic carbocycles. The molecule has 0 amide bonds. The first-order valence-electron chi connectivity index (χ1n) is 4.09. The maximum Gasteiger partial charge on any atom is 0.0759 e. The van der Waals surface area contributed by atoms with E-state index in [1.807, 2.05) is 24.5 Å². The summed E-state index contributed by atoms with van der Waals surface area (Å²) in [5.74, 6) is 0. The summed E-state index contributed by atoms with van der Waals surface area (Å²) < 4.78 is 2.41. The number of hydrogen-bond acceptors (Lipinski definition) is 4. The Balaban J connectivity index is 2.74. The van der Waals surface area contributed by atoms with Crippen LogP contribution in [0.3, 0.4) is 0 Å². The van der Waals surface area contributed by atoms with E-state index in [1.54, 1.807) is 23.1 Å². The second-order valence-electron chi connectivity index (χ2n) is 2.75. The summed E-state index contributed by atoms with van der Waals surface area (Å²) in [6.45, 7) is 0. The van der Waals surface area contributed by atoms with Gasteiger partial charge in [0.25, 0.3) is 0 Å². The van der Waals surface area contributed by atoms with Crippen LogP contribution < -0.4 is 0 Å². The van der Waals surface area contributed by atoms with Crippen molar-refractivity contribution in [2.45, 2.75) is 4.21 Å². The predicted molar refractivity (Wildman–Crippen MR) is 63.0 cm³/mol. The first-order valence-corrected chi connectivity index (χ1v) is 6.14. The standard InChI is InChI=1S/C10H9NOS2/c1-13-10-8(6-11-12)7-4-2-3-5-9(7)14-10/h2-6,12H,1H3. The van der Waals surface area contributed by atoms with Gasteiger partial charge in [0.1, 0.15) is 0 Å². The van der Waals surface area contributed by atoms with Crippen LogP contribution in [0.1, 0.15) is 5.56 Å². The Bertz CT molecular complexity index is 476. The number of rotatable bonds is 2. The lowest BCUT2D eigenvalue weighted by atomic mass is 10.2. The number of hydrogen-bond donors (Lipinski definition) is 1. The quantitative estimate of drug-likeness (QED) is 0.366. The third-order valence-corrected chi connectivity index (χ3v) is 4.29. The van der Waals surface area contributed by atoms with Crippen molar-refractivity contribution >= 4 is 39.4 Å². The average molecular weight is 223 g/mol. The fourth-order valence-corrected chi connectivity index (χ4v) is 3.27. The Kier molecular flexibility index (Phi) is 2.74. The molecule has 0 fully saturated rings. The molecule has 0 saturated heterocycles. The molecule has 1 aromatic heterocycles. The topological polar surface area (TPSA) is 32.6 Å². The average Bonchev–Trinajstić information content (AvgIpc) is 2.58. The predicted octanol–water partition coefficient (Wildman–Crippen LogP) is 3.43. The van der Waals surface area contributed by atoms with Gasteiger partial charge in [0, 0.05) is 15.6 Å².